The molecule has 168 valence electrons. The molecule has 3 aromatic carbocycles. The quantitative estimate of drug-likeness (QED) is 0.422. The molecule has 0 saturated heterocycles. The molecule has 32 heavy (non-hydrogen) atoms. The Kier molecular flexibility index (Phi) is 7.43. The lowest BCUT2D eigenvalue weighted by Crippen LogP contribution is -2.36. The minimum absolute atomic E-state index is 0.0152. The smallest absolute Gasteiger partial charge is 0.339 e. The lowest BCUT2D eigenvalue weighted by atomic mass is 10.1. The number of methoxy groups -OCH3 is 1. The number of hydrogen-bond donors (Lipinski definition) is 0. The number of nitrogens with zero attached hydrogens (tertiary/aromatic N) is 1. The van der Waals surface area contributed by atoms with E-state index in [1.165, 1.54) is 19.2 Å². The van der Waals surface area contributed by atoms with Gasteiger partial charge in [-0.05, 0) is 67.9 Å². The first kappa shape index (κ1) is 23.6. The molecule has 0 aromatic heterocycles. The molecular weight excluding hydrogens is 450 g/mol. The van der Waals surface area contributed by atoms with Crippen LogP contribution in [0.15, 0.2) is 77.7 Å². The van der Waals surface area contributed by atoms with Crippen LogP contribution in [-0.4, -0.2) is 32.4 Å². The van der Waals surface area contributed by atoms with Crippen molar-refractivity contribution in [3.63, 3.8) is 0 Å². The molecule has 3 rings (SSSR count). The summed E-state index contributed by atoms with van der Waals surface area (Å²) in [6.07, 6.45) is 0. The van der Waals surface area contributed by atoms with Crippen LogP contribution in [-0.2, 0) is 16.7 Å². The van der Waals surface area contributed by atoms with Crippen molar-refractivity contribution in [3.8, 4) is 11.5 Å². The van der Waals surface area contributed by atoms with E-state index in [9.17, 15) is 13.2 Å². The van der Waals surface area contributed by atoms with Crippen LogP contribution in [0.25, 0.3) is 0 Å². The van der Waals surface area contributed by atoms with Crippen molar-refractivity contribution in [3.05, 3.63) is 88.9 Å². The van der Waals surface area contributed by atoms with Gasteiger partial charge in [0, 0.05) is 12.6 Å². The van der Waals surface area contributed by atoms with Gasteiger partial charge in [0.2, 0.25) is 0 Å². The third-order valence-corrected chi connectivity index (χ3v) is 6.38. The van der Waals surface area contributed by atoms with E-state index in [1.54, 1.807) is 59.5 Å². The molecule has 0 atom stereocenters. The summed E-state index contributed by atoms with van der Waals surface area (Å²) in [4.78, 5) is 14.7. The fourth-order valence-corrected chi connectivity index (χ4v) is 4.23. The highest BCUT2D eigenvalue weighted by Gasteiger charge is 2.22. The Balaban J connectivity index is 1.81. The zero-order valence-electron chi connectivity index (χ0n) is 18.0. The van der Waals surface area contributed by atoms with Crippen LogP contribution in [0.5, 0.6) is 11.5 Å². The number of hydrogen-bond acceptors (Lipinski definition) is 5. The van der Waals surface area contributed by atoms with Crippen LogP contribution in [0, 0.1) is 0 Å². The highest BCUT2D eigenvalue weighted by atomic mass is 35.5. The van der Waals surface area contributed by atoms with E-state index in [1.807, 2.05) is 19.9 Å². The molecule has 0 heterocycles. The molecule has 0 aliphatic carbocycles. The lowest BCUT2D eigenvalue weighted by Gasteiger charge is -2.27. The molecule has 0 fully saturated rings. The van der Waals surface area contributed by atoms with Crippen LogP contribution >= 0.6 is 11.6 Å². The summed E-state index contributed by atoms with van der Waals surface area (Å²) in [5.41, 5.74) is 1.14. The van der Waals surface area contributed by atoms with Gasteiger partial charge in [-0.3, -0.25) is 4.79 Å². The van der Waals surface area contributed by atoms with Gasteiger partial charge in [-0.15, -0.1) is 0 Å². The molecular formula is C24H24ClNO5S. The summed E-state index contributed by atoms with van der Waals surface area (Å²) in [6.45, 7) is 4.08. The molecule has 0 N–H and O–H groups in total. The van der Waals surface area contributed by atoms with E-state index in [-0.39, 0.29) is 29.1 Å². The van der Waals surface area contributed by atoms with E-state index in [0.29, 0.717) is 16.3 Å². The summed E-state index contributed by atoms with van der Waals surface area (Å²) >= 11 is 6.20. The van der Waals surface area contributed by atoms with Gasteiger partial charge < -0.3 is 13.8 Å². The third-order valence-electron chi connectivity index (χ3n) is 4.79. The maximum Gasteiger partial charge on any atom is 0.339 e. The standard InChI is InChI=1S/C24H24ClNO5S/c1-17(2)26(24(27)22-9-4-5-10-23(22)25)16-18-7-6-8-20(15-18)31-32(28,29)21-13-11-19(30-3)12-14-21/h4-15,17H,16H2,1-3H3. The van der Waals surface area contributed by atoms with Crippen molar-refractivity contribution in [1.29, 1.82) is 0 Å². The molecule has 1 amide bonds. The van der Waals surface area contributed by atoms with Gasteiger partial charge in [0.1, 0.15) is 16.4 Å². The third kappa shape index (κ3) is 5.60. The second-order valence-corrected chi connectivity index (χ2v) is 9.32. The van der Waals surface area contributed by atoms with E-state index >= 15 is 0 Å². The van der Waals surface area contributed by atoms with Crippen molar-refractivity contribution in [2.75, 3.05) is 7.11 Å². The zero-order chi connectivity index (χ0) is 23.3. The molecule has 0 radical (unpaired) electrons. The summed E-state index contributed by atoms with van der Waals surface area (Å²) in [6, 6.07) is 19.4. The van der Waals surface area contributed by atoms with Crippen LogP contribution in [0.3, 0.4) is 0 Å². The number of benzene rings is 3. The van der Waals surface area contributed by atoms with Crippen molar-refractivity contribution < 1.29 is 22.1 Å². The SMILES string of the molecule is COc1ccc(S(=O)(=O)Oc2cccc(CN(C(=O)c3ccccc3Cl)C(C)C)c2)cc1. The largest absolute Gasteiger partial charge is 0.497 e. The Bertz CT molecular complexity index is 1190. The first-order chi connectivity index (χ1) is 15.2. The van der Waals surface area contributed by atoms with E-state index < -0.39 is 10.1 Å². The second-order valence-electron chi connectivity index (χ2n) is 7.37. The summed E-state index contributed by atoms with van der Waals surface area (Å²) in [5, 5.41) is 0.380. The highest BCUT2D eigenvalue weighted by molar-refractivity contribution is 7.87. The molecule has 6 nitrogen and oxygen atoms in total. The fraction of sp³-hybridized carbons (Fsp3) is 0.208. The molecule has 0 bridgehead atoms. The Labute approximate surface area is 193 Å². The Morgan fingerprint density at radius 1 is 0.969 bits per heavy atom. The second kappa shape index (κ2) is 10.1. The normalized spacial score (nSPS) is 11.3. The van der Waals surface area contributed by atoms with Gasteiger partial charge in [0.15, 0.2) is 0 Å². The number of ether oxygens (including phenoxy) is 1. The molecule has 0 aliphatic heterocycles. The summed E-state index contributed by atoms with van der Waals surface area (Å²) in [5.74, 6) is 0.498. The van der Waals surface area contributed by atoms with Gasteiger partial charge in [0.05, 0.1) is 17.7 Å². The highest BCUT2D eigenvalue weighted by Crippen LogP contribution is 2.24. The summed E-state index contributed by atoms with van der Waals surface area (Å²) < 4.78 is 35.6. The van der Waals surface area contributed by atoms with Crippen molar-refractivity contribution in [1.82, 2.24) is 4.90 Å². The van der Waals surface area contributed by atoms with Gasteiger partial charge in [-0.1, -0.05) is 35.9 Å². The van der Waals surface area contributed by atoms with Crippen LogP contribution in [0.2, 0.25) is 5.02 Å². The van der Waals surface area contributed by atoms with E-state index in [0.717, 1.165) is 5.56 Å². The zero-order valence-corrected chi connectivity index (χ0v) is 19.6. The number of carbonyl (C=O) groups is 1. The monoisotopic (exact) mass is 473 g/mol. The van der Waals surface area contributed by atoms with E-state index in [2.05, 4.69) is 0 Å². The number of rotatable bonds is 8. The van der Waals surface area contributed by atoms with Gasteiger partial charge in [0.25, 0.3) is 5.91 Å². The Hall–Kier alpha value is -3.03. The average molecular weight is 474 g/mol. The van der Waals surface area contributed by atoms with E-state index in [4.69, 9.17) is 20.5 Å². The number of halogens is 1. The van der Waals surface area contributed by atoms with Crippen LogP contribution < -0.4 is 8.92 Å². The topological polar surface area (TPSA) is 72.9 Å². The predicted molar refractivity (Wildman–Crippen MR) is 124 cm³/mol. The lowest BCUT2D eigenvalue weighted by molar-refractivity contribution is 0.0690. The van der Waals surface area contributed by atoms with Crippen LogP contribution in [0.1, 0.15) is 29.8 Å². The molecule has 3 aromatic rings. The van der Waals surface area contributed by atoms with Crippen molar-refractivity contribution >= 4 is 27.6 Å². The molecule has 0 spiro atoms. The molecule has 0 aliphatic rings. The van der Waals surface area contributed by atoms with Gasteiger partial charge >= 0.3 is 10.1 Å². The first-order valence-electron chi connectivity index (χ1n) is 9.94. The molecule has 0 unspecified atom stereocenters. The minimum atomic E-state index is -4.02. The predicted octanol–water partition coefficient (Wildman–Crippen LogP) is 5.17. The van der Waals surface area contributed by atoms with Gasteiger partial charge in [-0.2, -0.15) is 8.42 Å². The number of carbonyl (C=O) groups excluding carboxylic acids is 1. The Morgan fingerprint density at radius 2 is 1.66 bits per heavy atom. The first-order valence-corrected chi connectivity index (χ1v) is 11.7. The van der Waals surface area contributed by atoms with Gasteiger partial charge in [-0.25, -0.2) is 0 Å². The molecule has 0 saturated carbocycles. The fourth-order valence-electron chi connectivity index (χ4n) is 3.09. The van der Waals surface area contributed by atoms with Crippen molar-refractivity contribution in [2.24, 2.45) is 0 Å². The Morgan fingerprint density at radius 3 is 2.28 bits per heavy atom. The summed E-state index contributed by atoms with van der Waals surface area (Å²) in [7, 11) is -2.52. The number of amides is 1. The molecule has 8 heteroatoms. The maximum absolute atomic E-state index is 13.1. The average Bonchev–Trinajstić information content (AvgIpc) is 2.77. The van der Waals surface area contributed by atoms with Crippen LogP contribution in [0.4, 0.5) is 0 Å². The minimum Gasteiger partial charge on any atom is -0.497 e. The van der Waals surface area contributed by atoms with Crippen molar-refractivity contribution in [2.45, 2.75) is 31.3 Å². The maximum atomic E-state index is 13.1.